The lowest BCUT2D eigenvalue weighted by atomic mass is 10.00. The largest absolute Gasteiger partial charge is 0.489 e. The Morgan fingerprint density at radius 3 is 2.72 bits per heavy atom. The fourth-order valence-corrected chi connectivity index (χ4v) is 3.24. The monoisotopic (exact) mass is 251 g/mol. The Bertz CT molecular complexity index is 488. The van der Waals surface area contributed by atoms with Crippen molar-refractivity contribution in [1.82, 2.24) is 9.97 Å². The summed E-state index contributed by atoms with van der Waals surface area (Å²) in [5.74, 6) is 0.881. The minimum absolute atomic E-state index is 0.230. The first kappa shape index (κ1) is 11.5. The molecule has 0 amide bonds. The maximum atomic E-state index is 11.7. The van der Waals surface area contributed by atoms with E-state index in [0.717, 1.165) is 25.7 Å². The number of fused-ring (bicyclic) bond motifs is 2. The third kappa shape index (κ3) is 1.68. The highest BCUT2D eigenvalue weighted by Crippen LogP contribution is 2.40. The highest BCUT2D eigenvalue weighted by Gasteiger charge is 2.42. The number of anilines is 1. The van der Waals surface area contributed by atoms with Crippen molar-refractivity contribution in [2.75, 3.05) is 12.0 Å². The molecule has 2 fully saturated rings. The quantitative estimate of drug-likeness (QED) is 0.789. The zero-order valence-electron chi connectivity index (χ0n) is 10.3. The molecule has 2 N–H and O–H groups in total. The van der Waals surface area contributed by atoms with Crippen LogP contribution < -0.4 is 15.2 Å². The van der Waals surface area contributed by atoms with Gasteiger partial charge < -0.3 is 19.7 Å². The van der Waals surface area contributed by atoms with Crippen LogP contribution >= 0.6 is 0 Å². The molecule has 2 atom stereocenters. The zero-order chi connectivity index (χ0) is 12.7. The van der Waals surface area contributed by atoms with E-state index < -0.39 is 0 Å². The zero-order valence-corrected chi connectivity index (χ0v) is 10.3. The Hall–Kier alpha value is -1.56. The average molecular weight is 251 g/mol. The highest BCUT2D eigenvalue weighted by molar-refractivity contribution is 5.54. The molecule has 6 nitrogen and oxygen atoms in total. The van der Waals surface area contributed by atoms with Crippen LogP contribution in [0.15, 0.2) is 11.1 Å². The second-order valence-corrected chi connectivity index (χ2v) is 5.01. The third-order valence-electron chi connectivity index (χ3n) is 3.95. The molecule has 3 heterocycles. The van der Waals surface area contributed by atoms with Crippen LogP contribution in [0.25, 0.3) is 0 Å². The Balaban J connectivity index is 2.01. The number of piperidine rings is 1. The predicted molar refractivity (Wildman–Crippen MR) is 65.9 cm³/mol. The van der Waals surface area contributed by atoms with Gasteiger partial charge in [0.05, 0.1) is 19.5 Å². The van der Waals surface area contributed by atoms with Crippen LogP contribution in [0.2, 0.25) is 0 Å². The van der Waals surface area contributed by atoms with Crippen LogP contribution in [0.1, 0.15) is 25.7 Å². The van der Waals surface area contributed by atoms with E-state index in [1.165, 1.54) is 13.4 Å². The molecule has 2 unspecified atom stereocenters. The van der Waals surface area contributed by atoms with Crippen LogP contribution in [0.4, 0.5) is 5.82 Å². The number of aliphatic hydroxyl groups is 1. The normalized spacial score (nSPS) is 30.6. The lowest BCUT2D eigenvalue weighted by Crippen LogP contribution is -2.45. The van der Waals surface area contributed by atoms with Crippen LogP contribution in [0.5, 0.6) is 5.75 Å². The van der Waals surface area contributed by atoms with Gasteiger partial charge in [-0.15, -0.1) is 0 Å². The number of hydrogen-bond acceptors (Lipinski definition) is 5. The SMILES string of the molecule is COc1c(N2C3CCC2CC(O)C3)nc[nH]c1=O. The second-order valence-electron chi connectivity index (χ2n) is 5.01. The van der Waals surface area contributed by atoms with Crippen LogP contribution in [-0.2, 0) is 0 Å². The molecule has 2 aliphatic heterocycles. The molecule has 2 saturated heterocycles. The lowest BCUT2D eigenvalue weighted by Gasteiger charge is -2.38. The van der Waals surface area contributed by atoms with E-state index >= 15 is 0 Å². The van der Waals surface area contributed by atoms with Gasteiger partial charge in [-0.2, -0.15) is 0 Å². The third-order valence-corrected chi connectivity index (χ3v) is 3.95. The van der Waals surface area contributed by atoms with Crippen molar-refractivity contribution in [2.24, 2.45) is 0 Å². The number of nitrogens with one attached hydrogen (secondary N) is 1. The maximum absolute atomic E-state index is 11.7. The summed E-state index contributed by atoms with van der Waals surface area (Å²) in [6.07, 6.45) is 4.75. The number of nitrogens with zero attached hydrogens (tertiary/aromatic N) is 2. The van der Waals surface area contributed by atoms with Crippen molar-refractivity contribution < 1.29 is 9.84 Å². The summed E-state index contributed by atoms with van der Waals surface area (Å²) < 4.78 is 5.17. The minimum atomic E-state index is -0.256. The van der Waals surface area contributed by atoms with Crippen molar-refractivity contribution in [3.8, 4) is 5.75 Å². The standard InChI is InChI=1S/C12H17N3O3/c1-18-10-11(13-6-14-12(10)17)15-7-2-3-8(15)5-9(16)4-7/h6-9,16H,2-5H2,1H3,(H,13,14,17). The number of rotatable bonds is 2. The van der Waals surface area contributed by atoms with Gasteiger partial charge in [-0.25, -0.2) is 4.98 Å². The van der Waals surface area contributed by atoms with Gasteiger partial charge in [-0.3, -0.25) is 4.79 Å². The van der Waals surface area contributed by atoms with Gasteiger partial charge in [0.1, 0.15) is 0 Å². The minimum Gasteiger partial charge on any atom is -0.489 e. The predicted octanol–water partition coefficient (Wildman–Crippen LogP) is 0.271. The topological polar surface area (TPSA) is 78.5 Å². The van der Waals surface area contributed by atoms with E-state index in [1.54, 1.807) is 0 Å². The van der Waals surface area contributed by atoms with E-state index in [-0.39, 0.29) is 29.5 Å². The number of hydrogen-bond donors (Lipinski definition) is 2. The van der Waals surface area contributed by atoms with Crippen molar-refractivity contribution in [2.45, 2.75) is 43.9 Å². The number of methoxy groups -OCH3 is 1. The van der Waals surface area contributed by atoms with Crippen LogP contribution in [-0.4, -0.2) is 40.4 Å². The van der Waals surface area contributed by atoms with Crippen LogP contribution in [0.3, 0.4) is 0 Å². The molecule has 0 aliphatic carbocycles. The Labute approximate surface area is 105 Å². The fraction of sp³-hybridized carbons (Fsp3) is 0.667. The van der Waals surface area contributed by atoms with Crippen LogP contribution in [0, 0.1) is 0 Å². The number of aromatic amines is 1. The molecule has 6 heteroatoms. The summed E-state index contributed by atoms with van der Waals surface area (Å²) in [6, 6.07) is 0.531. The first-order valence-electron chi connectivity index (χ1n) is 6.28. The first-order chi connectivity index (χ1) is 8.70. The van der Waals surface area contributed by atoms with E-state index in [1.807, 2.05) is 0 Å². The molecule has 1 aromatic rings. The van der Waals surface area contributed by atoms with Crippen molar-refractivity contribution in [3.63, 3.8) is 0 Å². The molecule has 2 aliphatic rings. The van der Waals surface area contributed by atoms with Gasteiger partial charge in [-0.1, -0.05) is 0 Å². The summed E-state index contributed by atoms with van der Waals surface area (Å²) in [5.41, 5.74) is -0.256. The average Bonchev–Trinajstić information content (AvgIpc) is 2.61. The molecular formula is C12H17N3O3. The molecule has 98 valence electrons. The summed E-state index contributed by atoms with van der Waals surface area (Å²) in [5, 5.41) is 9.79. The molecule has 0 spiro atoms. The van der Waals surface area contributed by atoms with Crippen molar-refractivity contribution >= 4 is 5.82 Å². The van der Waals surface area contributed by atoms with Crippen molar-refractivity contribution in [1.29, 1.82) is 0 Å². The van der Waals surface area contributed by atoms with Gasteiger partial charge in [0.15, 0.2) is 5.82 Å². The van der Waals surface area contributed by atoms with Gasteiger partial charge in [0.2, 0.25) is 5.75 Å². The lowest BCUT2D eigenvalue weighted by molar-refractivity contribution is 0.125. The number of aliphatic hydroxyl groups excluding tert-OH is 1. The van der Waals surface area contributed by atoms with E-state index in [0.29, 0.717) is 5.82 Å². The molecule has 3 rings (SSSR count). The maximum Gasteiger partial charge on any atom is 0.295 e. The van der Waals surface area contributed by atoms with Gasteiger partial charge >= 0.3 is 0 Å². The smallest absolute Gasteiger partial charge is 0.295 e. The molecule has 18 heavy (non-hydrogen) atoms. The first-order valence-corrected chi connectivity index (χ1v) is 6.28. The number of aromatic nitrogens is 2. The van der Waals surface area contributed by atoms with Gasteiger partial charge in [0, 0.05) is 12.1 Å². The molecule has 0 saturated carbocycles. The molecular weight excluding hydrogens is 234 g/mol. The van der Waals surface area contributed by atoms with Gasteiger partial charge in [0.25, 0.3) is 5.56 Å². The number of ether oxygens (including phenoxy) is 1. The Morgan fingerprint density at radius 2 is 2.11 bits per heavy atom. The summed E-state index contributed by atoms with van der Waals surface area (Å²) in [7, 11) is 1.48. The molecule has 2 bridgehead atoms. The van der Waals surface area contributed by atoms with E-state index in [2.05, 4.69) is 14.9 Å². The highest BCUT2D eigenvalue weighted by atomic mass is 16.5. The van der Waals surface area contributed by atoms with Crippen molar-refractivity contribution in [3.05, 3.63) is 16.7 Å². The van der Waals surface area contributed by atoms with Gasteiger partial charge in [-0.05, 0) is 25.7 Å². The summed E-state index contributed by atoms with van der Waals surface area (Å²) >= 11 is 0. The number of H-pyrrole nitrogens is 1. The molecule has 0 aromatic carbocycles. The molecule has 0 radical (unpaired) electrons. The second kappa shape index (κ2) is 4.28. The van der Waals surface area contributed by atoms with E-state index in [4.69, 9.17) is 4.74 Å². The fourth-order valence-electron chi connectivity index (χ4n) is 3.24. The summed E-state index contributed by atoms with van der Waals surface area (Å²) in [4.78, 5) is 20.7. The van der Waals surface area contributed by atoms with E-state index in [9.17, 15) is 9.90 Å². The Morgan fingerprint density at radius 1 is 1.44 bits per heavy atom. The summed E-state index contributed by atoms with van der Waals surface area (Å²) in [6.45, 7) is 0. The Kier molecular flexibility index (Phi) is 2.74. The molecule has 1 aromatic heterocycles.